The molecule has 1 fully saturated rings. The maximum atomic E-state index is 12.8. The number of aryl methyl sites for hydroxylation is 1. The van der Waals surface area contributed by atoms with Crippen LogP contribution in [0.15, 0.2) is 23.1 Å². The lowest BCUT2D eigenvalue weighted by molar-refractivity contribution is 0.00776. The normalized spacial score (nSPS) is 17.2. The van der Waals surface area contributed by atoms with Gasteiger partial charge in [0.1, 0.15) is 12.4 Å². The first-order valence-corrected chi connectivity index (χ1v) is 10.9. The third kappa shape index (κ3) is 6.43. The topological polar surface area (TPSA) is 77.1 Å². The molecule has 0 amide bonds. The Labute approximate surface area is 163 Å². The van der Waals surface area contributed by atoms with Gasteiger partial charge >= 0.3 is 0 Å². The molecule has 1 aliphatic rings. The summed E-state index contributed by atoms with van der Waals surface area (Å²) >= 11 is 0. The number of morpholine rings is 1. The van der Waals surface area contributed by atoms with Crippen LogP contribution in [0.5, 0.6) is 5.75 Å². The first-order valence-electron chi connectivity index (χ1n) is 9.39. The van der Waals surface area contributed by atoms with E-state index in [9.17, 15) is 8.42 Å². The lowest BCUT2D eigenvalue weighted by atomic mass is 10.0. The van der Waals surface area contributed by atoms with Crippen molar-refractivity contribution in [2.75, 3.05) is 53.2 Å². The highest BCUT2D eigenvalue weighted by atomic mass is 32.2. The summed E-state index contributed by atoms with van der Waals surface area (Å²) in [6, 6.07) is 5.06. The van der Waals surface area contributed by atoms with E-state index in [1.165, 1.54) is 0 Å². The predicted molar refractivity (Wildman–Crippen MR) is 105 cm³/mol. The number of sulfonamides is 1. The van der Waals surface area contributed by atoms with Gasteiger partial charge in [0.15, 0.2) is 0 Å². The van der Waals surface area contributed by atoms with Crippen LogP contribution in [0, 0.1) is 12.8 Å². The molecule has 1 heterocycles. The van der Waals surface area contributed by atoms with Gasteiger partial charge in [-0.2, -0.15) is 0 Å². The lowest BCUT2D eigenvalue weighted by Crippen LogP contribution is -2.51. The van der Waals surface area contributed by atoms with Gasteiger partial charge in [-0.3, -0.25) is 4.90 Å². The number of hydrogen-bond donors (Lipinski definition) is 1. The number of ether oxygens (including phenoxy) is 3. The van der Waals surface area contributed by atoms with E-state index in [4.69, 9.17) is 14.2 Å². The molecule has 154 valence electrons. The highest BCUT2D eigenvalue weighted by Crippen LogP contribution is 2.22. The van der Waals surface area contributed by atoms with Crippen LogP contribution >= 0.6 is 0 Å². The van der Waals surface area contributed by atoms with Crippen LogP contribution in [0.2, 0.25) is 0 Å². The van der Waals surface area contributed by atoms with Crippen LogP contribution in [0.1, 0.15) is 19.4 Å². The second kappa shape index (κ2) is 10.4. The molecule has 0 spiro atoms. The van der Waals surface area contributed by atoms with Crippen LogP contribution < -0.4 is 9.46 Å². The van der Waals surface area contributed by atoms with Crippen molar-refractivity contribution in [2.45, 2.75) is 31.7 Å². The zero-order valence-corrected chi connectivity index (χ0v) is 17.5. The van der Waals surface area contributed by atoms with Gasteiger partial charge in [0.2, 0.25) is 10.0 Å². The van der Waals surface area contributed by atoms with Gasteiger partial charge in [-0.25, -0.2) is 13.1 Å². The number of methoxy groups -OCH3 is 1. The second-order valence-corrected chi connectivity index (χ2v) is 8.85. The van der Waals surface area contributed by atoms with Crippen molar-refractivity contribution in [1.29, 1.82) is 0 Å². The molecule has 1 aromatic carbocycles. The number of hydrogen-bond acceptors (Lipinski definition) is 6. The standard InChI is InChI=1S/C19H32N2O5S/c1-15(2)18(21-7-9-25-10-8-21)14-20-27(22,23)17-5-6-19(16(3)13-17)26-12-11-24-4/h5-6,13,15,18,20H,7-12,14H2,1-4H3. The van der Waals surface area contributed by atoms with Crippen molar-refractivity contribution < 1.29 is 22.6 Å². The Morgan fingerprint density at radius 2 is 1.93 bits per heavy atom. The van der Waals surface area contributed by atoms with Crippen molar-refractivity contribution in [2.24, 2.45) is 5.92 Å². The molecule has 1 unspecified atom stereocenters. The minimum Gasteiger partial charge on any atom is -0.491 e. The van der Waals surface area contributed by atoms with Gasteiger partial charge in [0.05, 0.1) is 24.7 Å². The molecule has 27 heavy (non-hydrogen) atoms. The quantitative estimate of drug-likeness (QED) is 0.602. The van der Waals surface area contributed by atoms with E-state index in [1.807, 2.05) is 6.92 Å². The van der Waals surface area contributed by atoms with Crippen LogP contribution in [-0.2, 0) is 19.5 Å². The highest BCUT2D eigenvalue weighted by molar-refractivity contribution is 7.89. The van der Waals surface area contributed by atoms with Crippen molar-refractivity contribution in [3.63, 3.8) is 0 Å². The van der Waals surface area contributed by atoms with Gasteiger partial charge in [-0.15, -0.1) is 0 Å². The molecular weight excluding hydrogens is 368 g/mol. The summed E-state index contributed by atoms with van der Waals surface area (Å²) in [5.41, 5.74) is 0.780. The van der Waals surface area contributed by atoms with Gasteiger partial charge < -0.3 is 14.2 Å². The summed E-state index contributed by atoms with van der Waals surface area (Å²) in [7, 11) is -1.97. The molecule has 1 saturated heterocycles. The zero-order chi connectivity index (χ0) is 19.9. The Morgan fingerprint density at radius 3 is 2.52 bits per heavy atom. The second-order valence-electron chi connectivity index (χ2n) is 7.08. The average molecular weight is 401 g/mol. The number of nitrogens with one attached hydrogen (secondary N) is 1. The summed E-state index contributed by atoms with van der Waals surface area (Å²) in [6.45, 7) is 10.4. The van der Waals surface area contributed by atoms with Crippen molar-refractivity contribution in [3.05, 3.63) is 23.8 Å². The number of nitrogens with zero attached hydrogens (tertiary/aromatic N) is 1. The van der Waals surface area contributed by atoms with E-state index < -0.39 is 10.0 Å². The third-order valence-corrected chi connectivity index (χ3v) is 6.19. The van der Waals surface area contributed by atoms with E-state index in [0.717, 1.165) is 18.7 Å². The Kier molecular flexibility index (Phi) is 8.50. The van der Waals surface area contributed by atoms with Gasteiger partial charge in [-0.05, 0) is 36.6 Å². The molecule has 2 rings (SSSR count). The predicted octanol–water partition coefficient (Wildman–Crippen LogP) is 1.66. The fourth-order valence-electron chi connectivity index (χ4n) is 3.16. The fraction of sp³-hybridized carbons (Fsp3) is 0.684. The van der Waals surface area contributed by atoms with Crippen molar-refractivity contribution in [3.8, 4) is 5.75 Å². The summed E-state index contributed by atoms with van der Waals surface area (Å²) in [5.74, 6) is 1.00. The van der Waals surface area contributed by atoms with Crippen molar-refractivity contribution in [1.82, 2.24) is 9.62 Å². The van der Waals surface area contributed by atoms with Gasteiger partial charge in [0, 0.05) is 32.8 Å². The Morgan fingerprint density at radius 1 is 1.22 bits per heavy atom. The molecule has 0 radical (unpaired) electrons. The first kappa shape index (κ1) is 22.1. The number of rotatable bonds is 10. The van der Waals surface area contributed by atoms with E-state index in [1.54, 1.807) is 25.3 Å². The van der Waals surface area contributed by atoms with Gasteiger partial charge in [-0.1, -0.05) is 13.8 Å². The summed E-state index contributed by atoms with van der Waals surface area (Å²) in [5, 5.41) is 0. The Bertz CT molecular complexity index is 687. The molecule has 7 nitrogen and oxygen atoms in total. The molecule has 1 N–H and O–H groups in total. The largest absolute Gasteiger partial charge is 0.491 e. The molecule has 0 saturated carbocycles. The van der Waals surface area contributed by atoms with Crippen LogP contribution in [0.4, 0.5) is 0 Å². The molecule has 0 bridgehead atoms. The minimum atomic E-state index is -3.58. The maximum absolute atomic E-state index is 12.8. The van der Waals surface area contributed by atoms with E-state index >= 15 is 0 Å². The molecule has 0 aromatic heterocycles. The van der Waals surface area contributed by atoms with Crippen LogP contribution in [-0.4, -0.2) is 72.5 Å². The zero-order valence-electron chi connectivity index (χ0n) is 16.7. The first-order chi connectivity index (χ1) is 12.8. The summed E-state index contributed by atoms with van der Waals surface area (Å²) in [4.78, 5) is 2.55. The minimum absolute atomic E-state index is 0.140. The average Bonchev–Trinajstić information content (AvgIpc) is 2.64. The maximum Gasteiger partial charge on any atom is 0.240 e. The lowest BCUT2D eigenvalue weighted by Gasteiger charge is -2.36. The molecular formula is C19H32N2O5S. The Hall–Kier alpha value is -1.19. The van der Waals surface area contributed by atoms with Crippen LogP contribution in [0.3, 0.4) is 0 Å². The molecule has 1 aliphatic heterocycles. The Balaban J connectivity index is 2.03. The fourth-order valence-corrected chi connectivity index (χ4v) is 4.30. The number of benzene rings is 1. The SMILES string of the molecule is COCCOc1ccc(S(=O)(=O)NCC(C(C)C)N2CCOCC2)cc1C. The third-order valence-electron chi connectivity index (χ3n) is 4.77. The van der Waals surface area contributed by atoms with Crippen molar-refractivity contribution >= 4 is 10.0 Å². The van der Waals surface area contributed by atoms with E-state index in [-0.39, 0.29) is 10.9 Å². The molecule has 1 atom stereocenters. The van der Waals surface area contributed by atoms with Crippen LogP contribution in [0.25, 0.3) is 0 Å². The van der Waals surface area contributed by atoms with Gasteiger partial charge in [0.25, 0.3) is 0 Å². The smallest absolute Gasteiger partial charge is 0.240 e. The highest BCUT2D eigenvalue weighted by Gasteiger charge is 2.26. The van der Waals surface area contributed by atoms with E-state index in [0.29, 0.717) is 44.6 Å². The molecule has 1 aromatic rings. The summed E-state index contributed by atoms with van der Waals surface area (Å²) in [6.07, 6.45) is 0. The monoisotopic (exact) mass is 400 g/mol. The summed E-state index contributed by atoms with van der Waals surface area (Å²) < 4.78 is 44.2. The van der Waals surface area contributed by atoms with E-state index in [2.05, 4.69) is 23.5 Å². The molecule has 8 heteroatoms. The molecule has 0 aliphatic carbocycles.